The van der Waals surface area contributed by atoms with Gasteiger partial charge in [-0.1, -0.05) is 65.5 Å². The Bertz CT molecular complexity index is 1100. The van der Waals surface area contributed by atoms with E-state index in [9.17, 15) is 4.79 Å². The third kappa shape index (κ3) is 8.71. The minimum Gasteiger partial charge on any atom is -0.446 e. The standard InChI is InChI=1S/C37H67N7O2/c1-25(2)10-8-11-26(3)30-14-15-31-29-13-12-27-24-28(16-18-36(27,4)32(29)17-19-37(30,31)5)46-35(45)44(23-9-21-43-34(40)41)22-7-6-20-42-33(38)39/h12,25-26,28-32H,6-11,13-24H2,1-5H3,(H4,38,39,42)(H4,40,41,43)/p+2. The van der Waals surface area contributed by atoms with Crippen molar-refractivity contribution in [2.24, 2.45) is 69.3 Å². The zero-order valence-electron chi connectivity index (χ0n) is 29.9. The van der Waals surface area contributed by atoms with E-state index in [1.54, 1.807) is 5.57 Å². The summed E-state index contributed by atoms with van der Waals surface area (Å²) >= 11 is 0. The Labute approximate surface area is 279 Å². The van der Waals surface area contributed by atoms with Crippen molar-refractivity contribution in [3.8, 4) is 0 Å². The van der Waals surface area contributed by atoms with Crippen molar-refractivity contribution in [2.75, 3.05) is 26.2 Å². The predicted molar refractivity (Wildman–Crippen MR) is 187 cm³/mol. The van der Waals surface area contributed by atoms with Crippen LogP contribution in [0.5, 0.6) is 0 Å². The number of fused-ring (bicyclic) bond motifs is 5. The highest BCUT2D eigenvalue weighted by atomic mass is 16.6. The Hall–Kier alpha value is -2.45. The monoisotopic (exact) mass is 644 g/mol. The van der Waals surface area contributed by atoms with Gasteiger partial charge in [-0.05, 0) is 111 Å². The summed E-state index contributed by atoms with van der Waals surface area (Å²) in [6, 6.07) is 0. The molecule has 0 aromatic heterocycles. The Morgan fingerprint density at radius 2 is 1.59 bits per heavy atom. The molecule has 0 bridgehead atoms. The normalized spacial score (nSPS) is 32.4. The van der Waals surface area contributed by atoms with Gasteiger partial charge in [-0.25, -0.2) is 4.79 Å². The summed E-state index contributed by atoms with van der Waals surface area (Å²) in [5.41, 5.74) is 24.4. The average Bonchev–Trinajstić information content (AvgIpc) is 3.35. The Morgan fingerprint density at radius 1 is 0.891 bits per heavy atom. The first-order chi connectivity index (χ1) is 21.8. The van der Waals surface area contributed by atoms with E-state index in [2.05, 4.69) is 50.7 Å². The van der Waals surface area contributed by atoms with Gasteiger partial charge in [-0.3, -0.25) is 32.9 Å². The topological polar surface area (TPSA) is 162 Å². The molecule has 46 heavy (non-hydrogen) atoms. The summed E-state index contributed by atoms with van der Waals surface area (Å²) in [5, 5.41) is 0. The van der Waals surface area contributed by atoms with Crippen molar-refractivity contribution in [3.05, 3.63) is 11.6 Å². The highest BCUT2D eigenvalue weighted by molar-refractivity contribution is 5.69. The van der Waals surface area contributed by atoms with Crippen LogP contribution in [0.1, 0.15) is 125 Å². The van der Waals surface area contributed by atoms with Crippen molar-refractivity contribution in [1.29, 1.82) is 0 Å². The third-order valence-corrected chi connectivity index (χ3v) is 12.9. The first-order valence-electron chi connectivity index (χ1n) is 18.7. The second kappa shape index (κ2) is 16.1. The van der Waals surface area contributed by atoms with Gasteiger partial charge in [0.1, 0.15) is 6.10 Å². The highest BCUT2D eigenvalue weighted by Gasteiger charge is 2.59. The first kappa shape index (κ1) is 36.4. The van der Waals surface area contributed by atoms with Crippen LogP contribution in [0.2, 0.25) is 0 Å². The lowest BCUT2D eigenvalue weighted by Gasteiger charge is -2.58. The van der Waals surface area contributed by atoms with Gasteiger partial charge in [0.2, 0.25) is 0 Å². The number of carbonyl (C=O) groups excluding carboxylic acids is 1. The van der Waals surface area contributed by atoms with Crippen LogP contribution >= 0.6 is 0 Å². The maximum absolute atomic E-state index is 13.5. The number of nitrogens with zero attached hydrogens (tertiary/aromatic N) is 1. The predicted octanol–water partition coefficient (Wildman–Crippen LogP) is 2.71. The maximum Gasteiger partial charge on any atom is 0.410 e. The molecule has 0 spiro atoms. The Balaban J connectivity index is 1.36. The van der Waals surface area contributed by atoms with Crippen LogP contribution < -0.4 is 32.9 Å². The fourth-order valence-corrected chi connectivity index (χ4v) is 10.4. The van der Waals surface area contributed by atoms with Crippen LogP contribution in [0.25, 0.3) is 0 Å². The lowest BCUT2D eigenvalue weighted by molar-refractivity contribution is -0.460. The van der Waals surface area contributed by atoms with Gasteiger partial charge in [0, 0.05) is 19.5 Å². The van der Waals surface area contributed by atoms with Crippen LogP contribution in [0.3, 0.4) is 0 Å². The molecule has 0 aromatic rings. The molecule has 9 heteroatoms. The van der Waals surface area contributed by atoms with Crippen LogP contribution in [-0.4, -0.2) is 55.2 Å². The number of rotatable bonds is 15. The fraction of sp³-hybridized carbons (Fsp3) is 0.865. The summed E-state index contributed by atoms with van der Waals surface area (Å²) in [5.74, 6) is 5.40. The smallest absolute Gasteiger partial charge is 0.410 e. The Morgan fingerprint density at radius 3 is 2.28 bits per heavy atom. The number of ether oxygens (including phenoxy) is 1. The van der Waals surface area contributed by atoms with Crippen LogP contribution in [-0.2, 0) is 4.74 Å². The zero-order chi connectivity index (χ0) is 33.5. The molecular formula is C37H69N7O2+2. The molecule has 0 aromatic carbocycles. The van der Waals surface area contributed by atoms with E-state index in [0.717, 1.165) is 74.0 Å². The molecular weight excluding hydrogens is 574 g/mol. The number of hydrogen-bond donors (Lipinski definition) is 6. The van der Waals surface area contributed by atoms with E-state index < -0.39 is 0 Å². The molecule has 0 radical (unpaired) electrons. The lowest BCUT2D eigenvalue weighted by Crippen LogP contribution is -2.78. The van der Waals surface area contributed by atoms with Gasteiger partial charge < -0.3 is 9.64 Å². The quantitative estimate of drug-likeness (QED) is 0.0696. The minimum atomic E-state index is -0.210. The molecule has 262 valence electrons. The molecule has 0 heterocycles. The molecule has 0 aliphatic heterocycles. The zero-order valence-corrected chi connectivity index (χ0v) is 29.9. The van der Waals surface area contributed by atoms with E-state index in [1.807, 2.05) is 4.90 Å². The number of hydrogen-bond acceptors (Lipinski definition) is 2. The third-order valence-electron chi connectivity index (χ3n) is 12.9. The van der Waals surface area contributed by atoms with Crippen molar-refractivity contribution in [3.63, 3.8) is 0 Å². The number of nitrogens with two attached hydrogens (primary N) is 4. The first-order valence-corrected chi connectivity index (χ1v) is 18.7. The van der Waals surface area contributed by atoms with Crippen molar-refractivity contribution in [2.45, 2.75) is 131 Å². The molecule has 0 saturated heterocycles. The molecule has 8 unspecified atom stereocenters. The number of guanidine groups is 2. The average molecular weight is 644 g/mol. The van der Waals surface area contributed by atoms with Gasteiger partial charge in [0.05, 0.1) is 13.1 Å². The summed E-state index contributed by atoms with van der Waals surface area (Å²) in [6.07, 6.45) is 18.7. The van der Waals surface area contributed by atoms with Gasteiger partial charge in [0.15, 0.2) is 0 Å². The maximum atomic E-state index is 13.5. The summed E-state index contributed by atoms with van der Waals surface area (Å²) < 4.78 is 6.24. The van der Waals surface area contributed by atoms with Gasteiger partial charge in [-0.2, -0.15) is 0 Å². The fourth-order valence-electron chi connectivity index (χ4n) is 10.4. The van der Waals surface area contributed by atoms with E-state index >= 15 is 0 Å². The molecule has 4 aliphatic carbocycles. The van der Waals surface area contributed by atoms with Crippen LogP contribution in [0.4, 0.5) is 4.79 Å². The lowest BCUT2D eigenvalue weighted by atomic mass is 9.47. The second-order valence-electron chi connectivity index (χ2n) is 16.4. The minimum absolute atomic E-state index is 0.0540. The molecule has 9 nitrogen and oxygen atoms in total. The van der Waals surface area contributed by atoms with Gasteiger partial charge >= 0.3 is 18.0 Å². The largest absolute Gasteiger partial charge is 0.446 e. The van der Waals surface area contributed by atoms with E-state index in [4.69, 9.17) is 27.7 Å². The number of allylic oxidation sites excluding steroid dienone is 1. The molecule has 3 saturated carbocycles. The van der Waals surface area contributed by atoms with Crippen LogP contribution in [0.15, 0.2) is 11.6 Å². The van der Waals surface area contributed by atoms with E-state index in [1.165, 1.54) is 51.4 Å². The summed E-state index contributed by atoms with van der Waals surface area (Å²) in [6.45, 7) is 15.0. The number of amides is 1. The van der Waals surface area contributed by atoms with Crippen molar-refractivity contribution >= 4 is 18.0 Å². The number of carbonyl (C=O) groups is 1. The van der Waals surface area contributed by atoms with Gasteiger partial charge in [-0.15, -0.1) is 0 Å². The molecule has 4 rings (SSSR count). The molecule has 3 fully saturated rings. The molecule has 8 atom stereocenters. The second-order valence-corrected chi connectivity index (χ2v) is 16.4. The summed E-state index contributed by atoms with van der Waals surface area (Å²) in [7, 11) is 0. The Kier molecular flexibility index (Phi) is 12.7. The molecule has 10 N–H and O–H groups in total. The SMILES string of the molecule is CC(C)CCCC(C)C1CCC2C3CC=C4CC(OC(=O)N(CCCC[NH+]=C(N)N)CCC[NH+]=C(N)N)CCC4(C)C3CCC12C. The molecule has 4 aliphatic rings. The van der Waals surface area contributed by atoms with Gasteiger partial charge in [0.25, 0.3) is 0 Å². The highest BCUT2D eigenvalue weighted by Crippen LogP contribution is 2.67. The number of nitrogens with one attached hydrogen (secondary N) is 2. The van der Waals surface area contributed by atoms with Crippen molar-refractivity contribution in [1.82, 2.24) is 4.90 Å². The van der Waals surface area contributed by atoms with Crippen molar-refractivity contribution < 1.29 is 19.5 Å². The molecule has 1 amide bonds. The summed E-state index contributed by atoms with van der Waals surface area (Å²) in [4.78, 5) is 21.2. The van der Waals surface area contributed by atoms with E-state index in [-0.39, 0.29) is 29.5 Å². The van der Waals surface area contributed by atoms with Crippen LogP contribution in [0, 0.1) is 46.3 Å². The number of unbranched alkanes of at least 4 members (excludes halogenated alkanes) is 1. The van der Waals surface area contributed by atoms with E-state index in [0.29, 0.717) is 31.6 Å².